The third-order valence-electron chi connectivity index (χ3n) is 7.12. The van der Waals surface area contributed by atoms with Gasteiger partial charge >= 0.3 is 0 Å². The monoisotopic (exact) mass is 518 g/mol. The summed E-state index contributed by atoms with van der Waals surface area (Å²) in [6.45, 7) is 26.1. The van der Waals surface area contributed by atoms with E-state index in [-0.39, 0.29) is 23.1 Å². The topological polar surface area (TPSA) is 52.6 Å². The van der Waals surface area contributed by atoms with E-state index in [4.69, 9.17) is 9.47 Å². The van der Waals surface area contributed by atoms with Gasteiger partial charge in [0.15, 0.2) is 5.78 Å². The summed E-state index contributed by atoms with van der Waals surface area (Å²) in [5, 5.41) is 0. The zero-order valence-electron chi connectivity index (χ0n) is 26.4. The lowest BCUT2D eigenvalue weighted by molar-refractivity contribution is -0.177. The largest absolute Gasteiger partial charge is 0.371 e. The van der Waals surface area contributed by atoms with Crippen molar-refractivity contribution in [3.8, 4) is 0 Å². The number of Topliss-reactive ketones (excluding diaryl/α,β-unsaturated/α-hetero) is 2. The van der Waals surface area contributed by atoms with Gasteiger partial charge in [-0.25, -0.2) is 0 Å². The lowest BCUT2D eigenvalue weighted by Gasteiger charge is -2.44. The number of carbonyl (C=O) groups is 2. The van der Waals surface area contributed by atoms with Gasteiger partial charge in [-0.1, -0.05) is 98.6 Å². The summed E-state index contributed by atoms with van der Waals surface area (Å²) in [6, 6.07) is 9.69. The highest BCUT2D eigenvalue weighted by atomic mass is 16.5. The molecular formula is C33H58O4. The molecule has 0 aliphatic carbocycles. The quantitative estimate of drug-likeness (QED) is 0.261. The molecular weight excluding hydrogens is 460 g/mol. The minimum Gasteiger partial charge on any atom is -0.371 e. The van der Waals surface area contributed by atoms with Crippen molar-refractivity contribution in [2.75, 3.05) is 0 Å². The van der Waals surface area contributed by atoms with Crippen molar-refractivity contribution in [1.29, 1.82) is 0 Å². The highest BCUT2D eigenvalue weighted by molar-refractivity contribution is 5.90. The fourth-order valence-corrected chi connectivity index (χ4v) is 3.65. The van der Waals surface area contributed by atoms with E-state index in [1.165, 1.54) is 12.8 Å². The molecule has 0 spiro atoms. The minimum absolute atomic E-state index is 0.00592. The average Bonchev–Trinajstić information content (AvgIpc) is 2.80. The van der Waals surface area contributed by atoms with Crippen LogP contribution in [0.25, 0.3) is 0 Å². The van der Waals surface area contributed by atoms with Crippen LogP contribution in [-0.2, 0) is 19.1 Å². The van der Waals surface area contributed by atoms with Crippen molar-refractivity contribution in [3.05, 3.63) is 35.9 Å². The Morgan fingerprint density at radius 2 is 1.30 bits per heavy atom. The van der Waals surface area contributed by atoms with Gasteiger partial charge in [-0.2, -0.15) is 0 Å². The number of rotatable bonds is 13. The zero-order chi connectivity index (χ0) is 29.1. The molecule has 0 aliphatic heterocycles. The molecule has 0 aromatic heterocycles. The van der Waals surface area contributed by atoms with E-state index in [2.05, 4.69) is 20.8 Å². The van der Waals surface area contributed by atoms with Gasteiger partial charge in [0.05, 0.1) is 22.7 Å². The summed E-state index contributed by atoms with van der Waals surface area (Å²) in [6.07, 6.45) is 4.93. The molecule has 0 saturated heterocycles. The Hall–Kier alpha value is -1.52. The number of ketones is 2. The molecule has 0 aliphatic rings. The van der Waals surface area contributed by atoms with Crippen LogP contribution in [0.1, 0.15) is 140 Å². The van der Waals surface area contributed by atoms with E-state index in [9.17, 15) is 9.59 Å². The number of hydrogen-bond donors (Lipinski definition) is 0. The van der Waals surface area contributed by atoms with Crippen LogP contribution in [0.2, 0.25) is 0 Å². The van der Waals surface area contributed by atoms with Crippen LogP contribution in [0, 0.1) is 10.8 Å². The molecule has 1 aromatic carbocycles. The normalized spacial score (nSPS) is 14.4. The smallest absolute Gasteiger partial charge is 0.174 e. The Morgan fingerprint density at radius 3 is 1.70 bits per heavy atom. The number of benzene rings is 1. The molecule has 0 radical (unpaired) electrons. The van der Waals surface area contributed by atoms with Crippen LogP contribution in [-0.4, -0.2) is 28.9 Å². The molecule has 0 fully saturated rings. The maximum Gasteiger partial charge on any atom is 0.174 e. The third-order valence-corrected chi connectivity index (χ3v) is 7.12. The van der Waals surface area contributed by atoms with Crippen molar-refractivity contribution in [2.24, 2.45) is 10.8 Å². The highest BCUT2D eigenvalue weighted by Gasteiger charge is 2.48. The fraction of sp³-hybridized carbons (Fsp3) is 0.758. The molecule has 37 heavy (non-hydrogen) atoms. The maximum atomic E-state index is 13.9. The maximum absolute atomic E-state index is 13.9. The summed E-state index contributed by atoms with van der Waals surface area (Å²) < 4.78 is 12.8. The Labute approximate surface area is 229 Å². The van der Waals surface area contributed by atoms with E-state index in [1.54, 1.807) is 0 Å². The minimum atomic E-state index is -0.798. The lowest BCUT2D eigenvalue weighted by Crippen LogP contribution is -2.51. The van der Waals surface area contributed by atoms with Gasteiger partial charge in [-0.3, -0.25) is 9.59 Å². The predicted octanol–water partition coefficient (Wildman–Crippen LogP) is 9.30. The van der Waals surface area contributed by atoms with Crippen molar-refractivity contribution in [1.82, 2.24) is 0 Å². The Balaban J connectivity index is 0.00000300. The van der Waals surface area contributed by atoms with Crippen LogP contribution in [0.4, 0.5) is 0 Å². The second kappa shape index (κ2) is 15.2. The van der Waals surface area contributed by atoms with Crippen molar-refractivity contribution in [2.45, 2.75) is 152 Å². The standard InChI is InChI=1S/C29H48O4.C4H10/c1-12-22(19-16-20-23(30)26(2,3)4)32-29(10,11)28(8,9)25(31)24(33-27(5,6)7)21-17-14-13-15-18-21;1-3-4-2/h13-15,17-18,22,24H,12,16,19-20H2,1-11H3;3-4H2,1-2H3. The SMILES string of the molecule is CCC(CCCC(=O)C(C)(C)C)OC(C)(C)C(C)(C)C(=O)C(OC(C)(C)C)c1ccccc1.CCCC. The summed E-state index contributed by atoms with van der Waals surface area (Å²) in [4.78, 5) is 26.2. The van der Waals surface area contributed by atoms with Gasteiger partial charge in [0.25, 0.3) is 0 Å². The van der Waals surface area contributed by atoms with Gasteiger partial charge in [-0.05, 0) is 59.4 Å². The molecule has 0 heterocycles. The molecule has 4 nitrogen and oxygen atoms in total. The van der Waals surface area contributed by atoms with Crippen LogP contribution in [0.15, 0.2) is 30.3 Å². The first-order valence-corrected chi connectivity index (χ1v) is 14.3. The van der Waals surface area contributed by atoms with Gasteiger partial charge in [0, 0.05) is 11.8 Å². The van der Waals surface area contributed by atoms with Gasteiger partial charge in [0.2, 0.25) is 0 Å². The highest BCUT2D eigenvalue weighted by Crippen LogP contribution is 2.42. The molecule has 0 N–H and O–H groups in total. The van der Waals surface area contributed by atoms with Crippen molar-refractivity contribution >= 4 is 11.6 Å². The zero-order valence-corrected chi connectivity index (χ0v) is 26.4. The van der Waals surface area contributed by atoms with E-state index < -0.39 is 22.7 Å². The Kier molecular flexibility index (Phi) is 14.5. The molecule has 0 saturated carbocycles. The molecule has 1 rings (SSSR count). The Bertz CT molecular complexity index is 792. The van der Waals surface area contributed by atoms with Crippen molar-refractivity contribution < 1.29 is 19.1 Å². The van der Waals surface area contributed by atoms with Crippen LogP contribution in [0.3, 0.4) is 0 Å². The number of carbonyl (C=O) groups excluding carboxylic acids is 2. The lowest BCUT2D eigenvalue weighted by atomic mass is 9.71. The average molecular weight is 519 g/mol. The van der Waals surface area contributed by atoms with E-state index in [0.717, 1.165) is 24.8 Å². The molecule has 2 atom stereocenters. The second-order valence-electron chi connectivity index (χ2n) is 13.2. The van der Waals surface area contributed by atoms with E-state index in [0.29, 0.717) is 6.42 Å². The van der Waals surface area contributed by atoms with Gasteiger partial charge in [-0.15, -0.1) is 0 Å². The third kappa shape index (κ3) is 12.3. The van der Waals surface area contributed by atoms with Gasteiger partial charge in [0.1, 0.15) is 11.9 Å². The van der Waals surface area contributed by atoms with Crippen LogP contribution < -0.4 is 0 Å². The summed E-state index contributed by atoms with van der Waals surface area (Å²) in [5.74, 6) is 0.281. The molecule has 214 valence electrons. The van der Waals surface area contributed by atoms with E-state index in [1.807, 2.05) is 99.6 Å². The molecule has 4 heteroatoms. The molecule has 0 bridgehead atoms. The molecule has 2 unspecified atom stereocenters. The molecule has 1 aromatic rings. The number of ether oxygens (including phenoxy) is 2. The second-order valence-corrected chi connectivity index (χ2v) is 13.2. The first-order chi connectivity index (χ1) is 16.8. The van der Waals surface area contributed by atoms with Crippen molar-refractivity contribution in [3.63, 3.8) is 0 Å². The fourth-order valence-electron chi connectivity index (χ4n) is 3.65. The number of unbranched alkanes of at least 4 members (excludes halogenated alkanes) is 1. The van der Waals surface area contributed by atoms with Crippen LogP contribution in [0.5, 0.6) is 0 Å². The van der Waals surface area contributed by atoms with E-state index >= 15 is 0 Å². The molecule has 0 amide bonds. The predicted molar refractivity (Wildman–Crippen MR) is 157 cm³/mol. The number of hydrogen-bond acceptors (Lipinski definition) is 4. The first-order valence-electron chi connectivity index (χ1n) is 14.3. The summed E-state index contributed by atoms with van der Waals surface area (Å²) in [5.41, 5.74) is -1.44. The van der Waals surface area contributed by atoms with Gasteiger partial charge < -0.3 is 9.47 Å². The van der Waals surface area contributed by atoms with Crippen LogP contribution >= 0.6 is 0 Å². The Morgan fingerprint density at radius 1 is 0.784 bits per heavy atom. The first kappa shape index (κ1) is 35.5. The summed E-state index contributed by atoms with van der Waals surface area (Å²) in [7, 11) is 0. The summed E-state index contributed by atoms with van der Waals surface area (Å²) >= 11 is 0.